The Morgan fingerprint density at radius 3 is 2.58 bits per heavy atom. The summed E-state index contributed by atoms with van der Waals surface area (Å²) in [4.78, 5) is 0.961. The average Bonchev–Trinajstić information content (AvgIpc) is 2.99. The first-order valence-corrected chi connectivity index (χ1v) is 10.3. The van der Waals surface area contributed by atoms with Crippen LogP contribution in [0.15, 0.2) is 35.7 Å². The van der Waals surface area contributed by atoms with Gasteiger partial charge in [0.1, 0.15) is 0 Å². The van der Waals surface area contributed by atoms with Crippen molar-refractivity contribution in [1.82, 2.24) is 4.72 Å². The Morgan fingerprint density at radius 1 is 1.33 bits per heavy atom. The largest absolute Gasteiger partial charge is 0.216 e. The van der Waals surface area contributed by atoms with Crippen LogP contribution in [0, 0.1) is 16.7 Å². The maximum Gasteiger partial charge on any atom is 0.216 e. The first-order valence-electron chi connectivity index (χ1n) is 7.34. The summed E-state index contributed by atoms with van der Waals surface area (Å²) >= 11 is 7.38. The zero-order chi connectivity index (χ0) is 18.0. The number of benzene rings is 1. The highest BCUT2D eigenvalue weighted by Crippen LogP contribution is 2.36. The molecule has 2 rings (SSSR count). The van der Waals surface area contributed by atoms with Crippen LogP contribution in [0.25, 0.3) is 0 Å². The molecule has 0 bridgehead atoms. The van der Waals surface area contributed by atoms with Crippen LogP contribution in [0.1, 0.15) is 42.8 Å². The Kier molecular flexibility index (Phi) is 5.71. The van der Waals surface area contributed by atoms with Crippen LogP contribution >= 0.6 is 22.9 Å². The van der Waals surface area contributed by atoms with Gasteiger partial charge in [-0.1, -0.05) is 44.5 Å². The molecular weight excluding hydrogens is 364 g/mol. The van der Waals surface area contributed by atoms with Gasteiger partial charge >= 0.3 is 0 Å². The minimum Gasteiger partial charge on any atom is -0.212 e. The molecular formula is C17H19ClN2O2S2. The lowest BCUT2D eigenvalue weighted by Crippen LogP contribution is -2.36. The third-order valence-electron chi connectivity index (χ3n) is 3.53. The van der Waals surface area contributed by atoms with Crippen molar-refractivity contribution >= 4 is 33.0 Å². The van der Waals surface area contributed by atoms with Crippen molar-refractivity contribution in [2.24, 2.45) is 5.41 Å². The number of nitrogens with zero attached hydrogens (tertiary/aromatic N) is 1. The maximum absolute atomic E-state index is 12.7. The fraction of sp³-hybridized carbons (Fsp3) is 0.353. The predicted octanol–water partition coefficient (Wildman–Crippen LogP) is 4.48. The summed E-state index contributed by atoms with van der Waals surface area (Å²) in [7, 11) is -3.63. The molecule has 0 amide bonds. The van der Waals surface area contributed by atoms with Crippen LogP contribution in [0.3, 0.4) is 0 Å². The number of nitrogens with one attached hydrogen (secondary N) is 1. The number of hydrogen-bond donors (Lipinski definition) is 1. The molecule has 1 aromatic heterocycles. The van der Waals surface area contributed by atoms with Gasteiger partial charge in [0.2, 0.25) is 10.0 Å². The highest BCUT2D eigenvalue weighted by Gasteiger charge is 2.31. The second kappa shape index (κ2) is 7.24. The van der Waals surface area contributed by atoms with Crippen LogP contribution in [-0.2, 0) is 15.8 Å². The van der Waals surface area contributed by atoms with E-state index in [1.807, 2.05) is 44.4 Å². The zero-order valence-corrected chi connectivity index (χ0v) is 16.1. The summed E-state index contributed by atoms with van der Waals surface area (Å²) in [6, 6.07) is 10.1. The third kappa shape index (κ3) is 4.81. The SMILES string of the molecule is CC(C)(C)C(NS(=O)(=O)Cc1ccc(Cl)cc1C#N)c1cccs1. The van der Waals surface area contributed by atoms with Gasteiger partial charge in [0.25, 0.3) is 0 Å². The highest BCUT2D eigenvalue weighted by atomic mass is 35.5. The first-order chi connectivity index (χ1) is 11.1. The van der Waals surface area contributed by atoms with Crippen molar-refractivity contribution in [3.8, 4) is 6.07 Å². The van der Waals surface area contributed by atoms with E-state index in [0.717, 1.165) is 4.88 Å². The molecule has 0 radical (unpaired) electrons. The van der Waals surface area contributed by atoms with Crippen LogP contribution in [0.4, 0.5) is 0 Å². The molecule has 0 aliphatic rings. The van der Waals surface area contributed by atoms with Crippen molar-refractivity contribution in [2.45, 2.75) is 32.6 Å². The molecule has 0 saturated carbocycles. The van der Waals surface area contributed by atoms with Gasteiger partial charge in [-0.3, -0.25) is 0 Å². The summed E-state index contributed by atoms with van der Waals surface area (Å²) in [5, 5.41) is 11.5. The van der Waals surface area contributed by atoms with E-state index in [1.165, 1.54) is 17.4 Å². The highest BCUT2D eigenvalue weighted by molar-refractivity contribution is 7.88. The van der Waals surface area contributed by atoms with Crippen LogP contribution in [0.5, 0.6) is 0 Å². The van der Waals surface area contributed by atoms with Gasteiger partial charge in [0.15, 0.2) is 0 Å². The first kappa shape index (κ1) is 18.9. The van der Waals surface area contributed by atoms with E-state index in [1.54, 1.807) is 12.1 Å². The minimum atomic E-state index is -3.63. The van der Waals surface area contributed by atoms with E-state index >= 15 is 0 Å². The van der Waals surface area contributed by atoms with E-state index in [-0.39, 0.29) is 22.8 Å². The third-order valence-corrected chi connectivity index (χ3v) is 5.99. The smallest absolute Gasteiger partial charge is 0.212 e. The lowest BCUT2D eigenvalue weighted by molar-refractivity contribution is 0.308. The summed E-state index contributed by atoms with van der Waals surface area (Å²) < 4.78 is 28.1. The Bertz CT molecular complexity index is 848. The van der Waals surface area contributed by atoms with Crippen LogP contribution < -0.4 is 4.72 Å². The Labute approximate surface area is 152 Å². The molecule has 1 heterocycles. The summed E-state index contributed by atoms with van der Waals surface area (Å²) in [6.45, 7) is 5.97. The standard InChI is InChI=1S/C17H19ClN2O2S2/c1-17(2,3)16(15-5-4-8-23-15)20-24(21,22)11-12-6-7-14(18)9-13(12)10-19/h4-9,16,20H,11H2,1-3H3. The van der Waals surface area contributed by atoms with E-state index in [9.17, 15) is 13.7 Å². The molecule has 128 valence electrons. The summed E-state index contributed by atoms with van der Waals surface area (Å²) in [5.41, 5.74) is 0.431. The van der Waals surface area contributed by atoms with Gasteiger partial charge in [-0.15, -0.1) is 11.3 Å². The second-order valence-corrected chi connectivity index (χ2v) is 9.77. The Hall–Kier alpha value is -1.39. The van der Waals surface area contributed by atoms with Crippen molar-refractivity contribution in [1.29, 1.82) is 5.26 Å². The summed E-state index contributed by atoms with van der Waals surface area (Å²) in [6.07, 6.45) is 0. The van der Waals surface area contributed by atoms with Crippen LogP contribution in [0.2, 0.25) is 5.02 Å². The van der Waals surface area contributed by atoms with E-state index in [2.05, 4.69) is 4.72 Å². The number of thiophene rings is 1. The van der Waals surface area contributed by atoms with Gasteiger partial charge < -0.3 is 0 Å². The molecule has 1 aromatic carbocycles. The number of halogens is 1. The normalized spacial score (nSPS) is 13.5. The molecule has 0 spiro atoms. The summed E-state index contributed by atoms with van der Waals surface area (Å²) in [5.74, 6) is -0.259. The van der Waals surface area contributed by atoms with Gasteiger partial charge in [-0.2, -0.15) is 5.26 Å². The van der Waals surface area contributed by atoms with Gasteiger partial charge in [0, 0.05) is 9.90 Å². The molecule has 0 aliphatic heterocycles. The minimum absolute atomic E-state index is 0.259. The Balaban J connectivity index is 2.29. The molecule has 0 aliphatic carbocycles. The van der Waals surface area contributed by atoms with E-state index < -0.39 is 10.0 Å². The van der Waals surface area contributed by atoms with Crippen molar-refractivity contribution in [2.75, 3.05) is 0 Å². The molecule has 2 aromatic rings. The number of nitriles is 1. The monoisotopic (exact) mass is 382 g/mol. The molecule has 24 heavy (non-hydrogen) atoms. The fourth-order valence-corrected chi connectivity index (χ4v) is 5.17. The Morgan fingerprint density at radius 2 is 2.04 bits per heavy atom. The predicted molar refractivity (Wildman–Crippen MR) is 98.4 cm³/mol. The van der Waals surface area contributed by atoms with E-state index in [0.29, 0.717) is 10.6 Å². The van der Waals surface area contributed by atoms with Gasteiger partial charge in [0.05, 0.1) is 23.4 Å². The van der Waals surface area contributed by atoms with Crippen molar-refractivity contribution in [3.63, 3.8) is 0 Å². The average molecular weight is 383 g/mol. The second-order valence-electron chi connectivity index (χ2n) is 6.60. The molecule has 4 nitrogen and oxygen atoms in total. The molecule has 1 unspecified atom stereocenters. The zero-order valence-electron chi connectivity index (χ0n) is 13.7. The fourth-order valence-electron chi connectivity index (χ4n) is 2.32. The van der Waals surface area contributed by atoms with Crippen molar-refractivity contribution in [3.05, 3.63) is 56.7 Å². The molecule has 0 fully saturated rings. The van der Waals surface area contributed by atoms with Crippen molar-refractivity contribution < 1.29 is 8.42 Å². The molecule has 1 atom stereocenters. The van der Waals surface area contributed by atoms with Gasteiger partial charge in [-0.05, 0) is 34.6 Å². The molecule has 7 heteroatoms. The lowest BCUT2D eigenvalue weighted by atomic mass is 9.86. The number of rotatable bonds is 5. The lowest BCUT2D eigenvalue weighted by Gasteiger charge is -2.30. The molecule has 1 N–H and O–H groups in total. The molecule has 0 saturated heterocycles. The maximum atomic E-state index is 12.7. The van der Waals surface area contributed by atoms with E-state index in [4.69, 9.17) is 11.6 Å². The quantitative estimate of drug-likeness (QED) is 0.828. The number of sulfonamides is 1. The van der Waals surface area contributed by atoms with Gasteiger partial charge in [-0.25, -0.2) is 13.1 Å². The topological polar surface area (TPSA) is 70.0 Å². The number of hydrogen-bond acceptors (Lipinski definition) is 4. The van der Waals surface area contributed by atoms with Crippen LogP contribution in [-0.4, -0.2) is 8.42 Å².